The molecule has 0 saturated heterocycles. The second-order valence-electron chi connectivity index (χ2n) is 2.97. The zero-order chi connectivity index (χ0) is 11.3. The Morgan fingerprint density at radius 2 is 2.13 bits per heavy atom. The summed E-state index contributed by atoms with van der Waals surface area (Å²) in [5.74, 6) is -0.937. The van der Waals surface area contributed by atoms with Crippen LogP contribution in [0.2, 0.25) is 0 Å². The molecule has 3 N–H and O–H groups in total. The fourth-order valence-electron chi connectivity index (χ4n) is 1.25. The Balaban J connectivity index is 2.89. The van der Waals surface area contributed by atoms with Gasteiger partial charge in [-0.05, 0) is 34.2 Å². The molecule has 0 spiro atoms. The third kappa shape index (κ3) is 3.44. The zero-order valence-corrected chi connectivity index (χ0v) is 10.1. The van der Waals surface area contributed by atoms with Gasteiger partial charge in [-0.3, -0.25) is 10.1 Å². The van der Waals surface area contributed by atoms with Crippen LogP contribution in [0.25, 0.3) is 0 Å². The predicted octanol–water partition coefficient (Wildman–Crippen LogP) is 0.999. The molecule has 0 saturated carbocycles. The Morgan fingerprint density at radius 1 is 1.47 bits per heavy atom. The average Bonchev–Trinajstić information content (AvgIpc) is 2.20. The maximum atomic E-state index is 11.0. The number of halogens is 1. The van der Waals surface area contributed by atoms with Crippen molar-refractivity contribution >= 4 is 28.6 Å². The molecule has 0 radical (unpaired) electrons. The molecule has 0 aliphatic heterocycles. The predicted molar refractivity (Wildman–Crippen MR) is 64.6 cm³/mol. The van der Waals surface area contributed by atoms with E-state index in [9.17, 15) is 4.79 Å². The van der Waals surface area contributed by atoms with Crippen LogP contribution >= 0.6 is 22.6 Å². The van der Waals surface area contributed by atoms with Gasteiger partial charge in [-0.25, -0.2) is 0 Å². The van der Waals surface area contributed by atoms with E-state index in [2.05, 4.69) is 27.9 Å². The average molecular weight is 321 g/mol. The molecule has 0 fully saturated rings. The van der Waals surface area contributed by atoms with Crippen LogP contribution in [0.3, 0.4) is 0 Å². The molecule has 5 heteroatoms. The summed E-state index contributed by atoms with van der Waals surface area (Å²) in [5, 5.41) is 20.5. The minimum Gasteiger partial charge on any atom is -0.480 e. The van der Waals surface area contributed by atoms with Crippen molar-refractivity contribution in [3.8, 4) is 0 Å². The van der Waals surface area contributed by atoms with Gasteiger partial charge in [0, 0.05) is 10.1 Å². The van der Waals surface area contributed by atoms with E-state index in [4.69, 9.17) is 10.2 Å². The lowest BCUT2D eigenvalue weighted by Crippen LogP contribution is -2.31. The normalized spacial score (nSPS) is 12.4. The number of aliphatic hydroxyl groups excluding tert-OH is 1. The van der Waals surface area contributed by atoms with Crippen molar-refractivity contribution < 1.29 is 15.0 Å². The zero-order valence-electron chi connectivity index (χ0n) is 7.98. The molecule has 4 nitrogen and oxygen atoms in total. The number of aliphatic hydroxyl groups is 1. The van der Waals surface area contributed by atoms with E-state index in [0.29, 0.717) is 0 Å². The number of carbonyl (C=O) groups is 1. The lowest BCUT2D eigenvalue weighted by atomic mass is 10.1. The van der Waals surface area contributed by atoms with Crippen molar-refractivity contribution in [1.29, 1.82) is 0 Å². The molecule has 0 aliphatic carbocycles. The molecule has 0 heterocycles. The largest absolute Gasteiger partial charge is 0.480 e. The number of nitrogens with one attached hydrogen (secondary N) is 1. The molecule has 15 heavy (non-hydrogen) atoms. The summed E-state index contributed by atoms with van der Waals surface area (Å²) in [6.45, 7) is 0.190. The van der Waals surface area contributed by atoms with Crippen molar-refractivity contribution in [1.82, 2.24) is 5.32 Å². The molecule has 0 aliphatic rings. The topological polar surface area (TPSA) is 69.6 Å². The minimum absolute atomic E-state index is 0.0762. The second-order valence-corrected chi connectivity index (χ2v) is 4.13. The molecule has 0 aromatic heterocycles. The number of rotatable bonds is 5. The van der Waals surface area contributed by atoms with Crippen LogP contribution in [-0.2, 0) is 4.79 Å². The van der Waals surface area contributed by atoms with Crippen LogP contribution in [0, 0.1) is 3.57 Å². The summed E-state index contributed by atoms with van der Waals surface area (Å²) in [4.78, 5) is 11.0. The third-order valence-corrected chi connectivity index (χ3v) is 2.91. The number of benzene rings is 1. The Bertz CT molecular complexity index is 343. The molecular formula is C10H12INO3. The summed E-state index contributed by atoms with van der Waals surface area (Å²) < 4.78 is 0.896. The van der Waals surface area contributed by atoms with Gasteiger partial charge in [-0.1, -0.05) is 18.2 Å². The van der Waals surface area contributed by atoms with E-state index in [1.165, 1.54) is 0 Å². The van der Waals surface area contributed by atoms with Gasteiger partial charge in [0.1, 0.15) is 6.04 Å². The Morgan fingerprint density at radius 3 is 2.67 bits per heavy atom. The Labute approximate surface area is 101 Å². The highest BCUT2D eigenvalue weighted by Gasteiger charge is 2.20. The van der Waals surface area contributed by atoms with E-state index in [1.54, 1.807) is 12.1 Å². The highest BCUT2D eigenvalue weighted by atomic mass is 127. The third-order valence-electron chi connectivity index (χ3n) is 1.92. The van der Waals surface area contributed by atoms with Crippen LogP contribution in [0.4, 0.5) is 0 Å². The first-order chi connectivity index (χ1) is 7.16. The quantitative estimate of drug-likeness (QED) is 0.708. The molecule has 1 atom stereocenters. The van der Waals surface area contributed by atoms with Crippen LogP contribution < -0.4 is 5.32 Å². The van der Waals surface area contributed by atoms with Crippen LogP contribution in [0.5, 0.6) is 0 Å². The number of aliphatic carboxylic acids is 1. The number of hydrogen-bond donors (Lipinski definition) is 3. The van der Waals surface area contributed by atoms with Gasteiger partial charge in [-0.15, -0.1) is 0 Å². The van der Waals surface area contributed by atoms with Gasteiger partial charge in [-0.2, -0.15) is 0 Å². The fourth-order valence-corrected chi connectivity index (χ4v) is 1.95. The van der Waals surface area contributed by atoms with E-state index < -0.39 is 12.0 Å². The first kappa shape index (κ1) is 12.4. The number of carboxylic acid groups (broad SMARTS) is 1. The number of carboxylic acids is 1. The summed E-state index contributed by atoms with van der Waals surface area (Å²) in [6, 6.07) is 6.52. The minimum atomic E-state index is -0.937. The van der Waals surface area contributed by atoms with E-state index in [0.717, 1.165) is 9.13 Å². The lowest BCUT2D eigenvalue weighted by Gasteiger charge is -2.15. The van der Waals surface area contributed by atoms with E-state index in [1.807, 2.05) is 12.1 Å². The van der Waals surface area contributed by atoms with E-state index in [-0.39, 0.29) is 13.2 Å². The summed E-state index contributed by atoms with van der Waals surface area (Å²) in [7, 11) is 0. The molecular weight excluding hydrogens is 309 g/mol. The van der Waals surface area contributed by atoms with Gasteiger partial charge >= 0.3 is 5.97 Å². The first-order valence-corrected chi connectivity index (χ1v) is 5.56. The van der Waals surface area contributed by atoms with Gasteiger partial charge < -0.3 is 10.2 Å². The van der Waals surface area contributed by atoms with Crippen LogP contribution in [0.1, 0.15) is 11.6 Å². The van der Waals surface area contributed by atoms with E-state index >= 15 is 0 Å². The van der Waals surface area contributed by atoms with Crippen molar-refractivity contribution in [2.75, 3.05) is 13.2 Å². The van der Waals surface area contributed by atoms with Crippen molar-refractivity contribution in [3.63, 3.8) is 0 Å². The Hall–Kier alpha value is -0.660. The molecule has 1 aromatic rings. The molecule has 1 aromatic carbocycles. The molecule has 0 amide bonds. The standard InChI is InChI=1S/C10H12INO3/c11-8-4-2-1-3-7(8)9(10(14)15)12-5-6-13/h1-4,9,12-13H,5-6H2,(H,14,15). The molecule has 1 unspecified atom stereocenters. The van der Waals surface area contributed by atoms with Crippen LogP contribution in [-0.4, -0.2) is 29.3 Å². The Kier molecular flexibility index (Phi) is 5.00. The molecule has 0 bridgehead atoms. The van der Waals surface area contributed by atoms with Gasteiger partial charge in [0.2, 0.25) is 0 Å². The van der Waals surface area contributed by atoms with Gasteiger partial charge in [0.05, 0.1) is 6.61 Å². The van der Waals surface area contributed by atoms with Crippen LogP contribution in [0.15, 0.2) is 24.3 Å². The fraction of sp³-hybridized carbons (Fsp3) is 0.300. The second kappa shape index (κ2) is 6.04. The smallest absolute Gasteiger partial charge is 0.325 e. The van der Waals surface area contributed by atoms with Gasteiger partial charge in [0.25, 0.3) is 0 Å². The summed E-state index contributed by atoms with van der Waals surface area (Å²) >= 11 is 2.09. The summed E-state index contributed by atoms with van der Waals surface area (Å²) in [6.07, 6.45) is 0. The SMILES string of the molecule is O=C(O)C(NCCO)c1ccccc1I. The van der Waals surface area contributed by atoms with Gasteiger partial charge in [0.15, 0.2) is 0 Å². The highest BCUT2D eigenvalue weighted by Crippen LogP contribution is 2.19. The monoisotopic (exact) mass is 321 g/mol. The van der Waals surface area contributed by atoms with Crippen molar-refractivity contribution in [2.24, 2.45) is 0 Å². The molecule has 1 rings (SSSR count). The lowest BCUT2D eigenvalue weighted by molar-refractivity contribution is -0.139. The summed E-state index contributed by atoms with van der Waals surface area (Å²) in [5.41, 5.74) is 0.721. The maximum absolute atomic E-state index is 11.0. The number of hydrogen-bond acceptors (Lipinski definition) is 3. The maximum Gasteiger partial charge on any atom is 0.325 e. The first-order valence-electron chi connectivity index (χ1n) is 4.48. The van der Waals surface area contributed by atoms with Crippen molar-refractivity contribution in [2.45, 2.75) is 6.04 Å². The molecule has 82 valence electrons. The van der Waals surface area contributed by atoms with Crippen molar-refractivity contribution in [3.05, 3.63) is 33.4 Å². The highest BCUT2D eigenvalue weighted by molar-refractivity contribution is 14.1.